The van der Waals surface area contributed by atoms with Crippen LogP contribution in [0.4, 0.5) is 23.2 Å². The molecule has 0 aliphatic carbocycles. The maximum absolute atomic E-state index is 14.0. The van der Waals surface area contributed by atoms with Crippen LogP contribution in [0.2, 0.25) is 0 Å². The molecule has 0 aromatic heterocycles. The fourth-order valence-corrected chi connectivity index (χ4v) is 2.41. The molecule has 1 atom stereocenters. The summed E-state index contributed by atoms with van der Waals surface area (Å²) in [5.41, 5.74) is -3.30. The number of hydrogen-bond donors (Lipinski definition) is 2. The van der Waals surface area contributed by atoms with Crippen molar-refractivity contribution in [2.45, 2.75) is 25.2 Å². The molecule has 150 valence electrons. The van der Waals surface area contributed by atoms with E-state index in [1.807, 2.05) is 5.32 Å². The summed E-state index contributed by atoms with van der Waals surface area (Å²) in [6.45, 7) is 0.999. The molecule has 28 heavy (non-hydrogen) atoms. The number of alkyl halides is 3. The quantitative estimate of drug-likeness (QED) is 0.426. The number of rotatable bonds is 7. The summed E-state index contributed by atoms with van der Waals surface area (Å²) in [7, 11) is 0. The highest BCUT2D eigenvalue weighted by Gasteiger charge is 2.63. The Bertz CT molecular complexity index is 810. The second-order valence-electron chi connectivity index (χ2n) is 5.81. The molecule has 0 aliphatic heterocycles. The van der Waals surface area contributed by atoms with Crippen molar-refractivity contribution in [3.05, 3.63) is 66.0 Å². The highest BCUT2D eigenvalue weighted by atomic mass is 19.4. The van der Waals surface area contributed by atoms with E-state index < -0.39 is 29.5 Å². The molecule has 0 unspecified atom stereocenters. The average molecular weight is 398 g/mol. The predicted molar refractivity (Wildman–Crippen MR) is 93.7 cm³/mol. The molecule has 2 aromatic carbocycles. The summed E-state index contributed by atoms with van der Waals surface area (Å²) in [6.07, 6.45) is -5.64. The number of carbonyl (C=O) groups excluding carboxylic acids is 2. The highest BCUT2D eigenvalue weighted by molar-refractivity contribution is 5.92. The first-order valence-electron chi connectivity index (χ1n) is 8.30. The van der Waals surface area contributed by atoms with Crippen LogP contribution < -0.4 is 10.6 Å². The lowest BCUT2D eigenvalue weighted by molar-refractivity contribution is -0.207. The number of halogens is 4. The van der Waals surface area contributed by atoms with E-state index in [1.165, 1.54) is 6.92 Å². The standard InChI is InChI=1S/C19H18F4N2O3/c1-2-28-17(27)18(19(21,22)23,24-15-10-8-14(20)9-11-15)25-16(26)12-13-6-4-3-5-7-13/h3-11,24H,2,12H2,1H3,(H,25,26)/t18-/m1/s1. The third-order valence-electron chi connectivity index (χ3n) is 3.72. The minimum atomic E-state index is -5.25. The zero-order chi connectivity index (χ0) is 20.8. The van der Waals surface area contributed by atoms with Crippen LogP contribution in [0.25, 0.3) is 0 Å². The summed E-state index contributed by atoms with van der Waals surface area (Å²) in [4.78, 5) is 24.6. The van der Waals surface area contributed by atoms with E-state index in [0.29, 0.717) is 5.56 Å². The molecule has 0 spiro atoms. The van der Waals surface area contributed by atoms with Crippen LogP contribution in [-0.4, -0.2) is 30.3 Å². The van der Waals surface area contributed by atoms with Crippen LogP contribution >= 0.6 is 0 Å². The van der Waals surface area contributed by atoms with Gasteiger partial charge in [0.1, 0.15) is 5.82 Å². The van der Waals surface area contributed by atoms with Crippen molar-refractivity contribution in [1.82, 2.24) is 5.32 Å². The second kappa shape index (κ2) is 8.73. The Morgan fingerprint density at radius 3 is 2.14 bits per heavy atom. The molecule has 1 amide bonds. The van der Waals surface area contributed by atoms with Crippen LogP contribution in [0.3, 0.4) is 0 Å². The number of anilines is 1. The smallest absolute Gasteiger partial charge is 0.441 e. The Kier molecular flexibility index (Phi) is 6.61. The summed E-state index contributed by atoms with van der Waals surface area (Å²) >= 11 is 0. The largest absolute Gasteiger partial charge is 0.463 e. The molecule has 0 saturated carbocycles. The van der Waals surface area contributed by atoms with Crippen LogP contribution in [0, 0.1) is 5.82 Å². The van der Waals surface area contributed by atoms with Crippen molar-refractivity contribution in [1.29, 1.82) is 0 Å². The lowest BCUT2D eigenvalue weighted by Gasteiger charge is -2.35. The van der Waals surface area contributed by atoms with E-state index in [0.717, 1.165) is 24.3 Å². The summed E-state index contributed by atoms with van der Waals surface area (Å²) in [6, 6.07) is 11.9. The monoisotopic (exact) mass is 398 g/mol. The summed E-state index contributed by atoms with van der Waals surface area (Å²) < 4.78 is 59.5. The zero-order valence-corrected chi connectivity index (χ0v) is 14.8. The van der Waals surface area contributed by atoms with Gasteiger partial charge in [-0.15, -0.1) is 0 Å². The van der Waals surface area contributed by atoms with Gasteiger partial charge >= 0.3 is 17.8 Å². The number of carbonyl (C=O) groups is 2. The molecule has 5 nitrogen and oxygen atoms in total. The highest BCUT2D eigenvalue weighted by Crippen LogP contribution is 2.33. The van der Waals surface area contributed by atoms with Gasteiger partial charge in [-0.05, 0) is 36.8 Å². The normalized spacial score (nSPS) is 13.3. The van der Waals surface area contributed by atoms with E-state index in [9.17, 15) is 27.2 Å². The van der Waals surface area contributed by atoms with Gasteiger partial charge in [-0.25, -0.2) is 9.18 Å². The van der Waals surface area contributed by atoms with Gasteiger partial charge in [-0.3, -0.25) is 4.79 Å². The summed E-state index contributed by atoms with van der Waals surface area (Å²) in [5.74, 6) is -3.45. The number of ether oxygens (including phenoxy) is 1. The van der Waals surface area contributed by atoms with Gasteiger partial charge < -0.3 is 15.4 Å². The molecule has 9 heteroatoms. The number of esters is 1. The van der Waals surface area contributed by atoms with E-state index in [-0.39, 0.29) is 18.7 Å². The predicted octanol–water partition coefficient (Wildman–Crippen LogP) is 3.42. The van der Waals surface area contributed by atoms with Crippen molar-refractivity contribution in [2.75, 3.05) is 11.9 Å². The van der Waals surface area contributed by atoms with Crippen molar-refractivity contribution in [3.63, 3.8) is 0 Å². The van der Waals surface area contributed by atoms with Crippen molar-refractivity contribution in [3.8, 4) is 0 Å². The molecule has 2 aromatic rings. The van der Waals surface area contributed by atoms with E-state index in [2.05, 4.69) is 4.74 Å². The van der Waals surface area contributed by atoms with Crippen molar-refractivity contribution >= 4 is 17.6 Å². The van der Waals surface area contributed by atoms with E-state index >= 15 is 0 Å². The van der Waals surface area contributed by atoms with E-state index in [1.54, 1.807) is 35.6 Å². The molecule has 2 rings (SSSR count). The minimum absolute atomic E-state index is 0.230. The Morgan fingerprint density at radius 2 is 1.61 bits per heavy atom. The first kappa shape index (κ1) is 21.2. The Hall–Kier alpha value is -3.10. The van der Waals surface area contributed by atoms with Crippen molar-refractivity contribution < 1.29 is 31.9 Å². The number of benzene rings is 2. The third kappa shape index (κ3) is 4.99. The first-order chi connectivity index (χ1) is 13.2. The Balaban J connectivity index is 2.38. The molecule has 2 N–H and O–H groups in total. The maximum atomic E-state index is 14.0. The molecule has 0 radical (unpaired) electrons. The molecule has 0 bridgehead atoms. The zero-order valence-electron chi connectivity index (χ0n) is 14.8. The van der Waals surface area contributed by atoms with Crippen LogP contribution in [-0.2, 0) is 20.7 Å². The van der Waals surface area contributed by atoms with Gasteiger partial charge in [0.2, 0.25) is 5.91 Å². The van der Waals surface area contributed by atoms with Crippen LogP contribution in [0.1, 0.15) is 12.5 Å². The van der Waals surface area contributed by atoms with Gasteiger partial charge in [0, 0.05) is 5.69 Å². The van der Waals surface area contributed by atoms with E-state index in [4.69, 9.17) is 0 Å². The first-order valence-corrected chi connectivity index (χ1v) is 8.30. The van der Waals surface area contributed by atoms with Gasteiger partial charge in [0.15, 0.2) is 0 Å². The Morgan fingerprint density at radius 1 is 1.00 bits per heavy atom. The van der Waals surface area contributed by atoms with Gasteiger partial charge in [-0.1, -0.05) is 30.3 Å². The average Bonchev–Trinajstić information content (AvgIpc) is 2.63. The molecule has 0 heterocycles. The second-order valence-corrected chi connectivity index (χ2v) is 5.81. The minimum Gasteiger partial charge on any atom is -0.463 e. The van der Waals surface area contributed by atoms with Crippen LogP contribution in [0.15, 0.2) is 54.6 Å². The molecule has 0 fully saturated rings. The topological polar surface area (TPSA) is 67.4 Å². The van der Waals surface area contributed by atoms with Gasteiger partial charge in [0.05, 0.1) is 13.0 Å². The third-order valence-corrected chi connectivity index (χ3v) is 3.72. The van der Waals surface area contributed by atoms with Gasteiger partial charge in [-0.2, -0.15) is 13.2 Å². The Labute approximate surface area is 158 Å². The summed E-state index contributed by atoms with van der Waals surface area (Å²) in [5, 5.41) is 3.69. The molecule has 0 saturated heterocycles. The maximum Gasteiger partial charge on any atom is 0.441 e. The molecular formula is C19H18F4N2O3. The fourth-order valence-electron chi connectivity index (χ4n) is 2.41. The fraction of sp³-hybridized carbons (Fsp3) is 0.263. The number of hydrogen-bond acceptors (Lipinski definition) is 4. The van der Waals surface area contributed by atoms with Gasteiger partial charge in [0.25, 0.3) is 0 Å². The number of nitrogens with one attached hydrogen (secondary N) is 2. The lowest BCUT2D eigenvalue weighted by Crippen LogP contribution is -2.69. The molecule has 0 aliphatic rings. The SMILES string of the molecule is CCOC(=O)[C@](NC(=O)Cc1ccccc1)(Nc1ccc(F)cc1)C(F)(F)F. The molecular weight excluding hydrogens is 380 g/mol. The van der Waals surface area contributed by atoms with Crippen LogP contribution in [0.5, 0.6) is 0 Å². The number of amides is 1. The lowest BCUT2D eigenvalue weighted by atomic mass is 10.1. The van der Waals surface area contributed by atoms with Crippen molar-refractivity contribution in [2.24, 2.45) is 0 Å².